The van der Waals surface area contributed by atoms with Crippen LogP contribution in [0.1, 0.15) is 27.0 Å². The molecule has 0 saturated carbocycles. The molecule has 0 aliphatic rings. The summed E-state index contributed by atoms with van der Waals surface area (Å²) in [5.41, 5.74) is 4.05. The molecule has 0 radical (unpaired) electrons. The first-order chi connectivity index (χ1) is 9.38. The van der Waals surface area contributed by atoms with E-state index in [1.165, 1.54) is 0 Å². The Hall–Kier alpha value is -1.58. The summed E-state index contributed by atoms with van der Waals surface area (Å²) in [6.07, 6.45) is 0. The fourth-order valence-corrected chi connectivity index (χ4v) is 2.39. The zero-order valence-electron chi connectivity index (χ0n) is 11.4. The lowest BCUT2D eigenvalue weighted by molar-refractivity contribution is 0.102. The molecule has 0 unspecified atom stereocenters. The molecule has 0 aliphatic carbocycles. The smallest absolute Gasteiger partial charge is 0.255 e. The van der Waals surface area contributed by atoms with E-state index in [0.717, 1.165) is 16.7 Å². The molecule has 0 fully saturated rings. The topological polar surface area (TPSA) is 42.0 Å². The van der Waals surface area contributed by atoms with E-state index < -0.39 is 0 Å². The number of carbonyl (C=O) groups excluding carboxylic acids is 1. The average Bonchev–Trinajstić information content (AvgIpc) is 2.36. The Morgan fingerprint density at radius 2 is 1.75 bits per heavy atom. The molecule has 20 heavy (non-hydrogen) atoms. The second-order valence-corrected chi connectivity index (χ2v) is 5.43. The van der Waals surface area contributed by atoms with Crippen molar-refractivity contribution in [3.8, 4) is 0 Å². The van der Waals surface area contributed by atoms with Crippen molar-refractivity contribution in [3.05, 3.63) is 56.8 Å². The summed E-state index contributed by atoms with van der Waals surface area (Å²) >= 11 is 11.8. The Kier molecular flexibility index (Phi) is 4.31. The van der Waals surface area contributed by atoms with Gasteiger partial charge in [-0.25, -0.2) is 4.98 Å². The van der Waals surface area contributed by atoms with Crippen LogP contribution in [-0.2, 0) is 0 Å². The van der Waals surface area contributed by atoms with Gasteiger partial charge in [0.05, 0.1) is 5.69 Å². The summed E-state index contributed by atoms with van der Waals surface area (Å²) in [5, 5.41) is 3.27. The van der Waals surface area contributed by atoms with Crippen molar-refractivity contribution in [2.75, 3.05) is 5.32 Å². The zero-order valence-corrected chi connectivity index (χ0v) is 12.9. The van der Waals surface area contributed by atoms with Crippen LogP contribution in [0, 0.1) is 20.8 Å². The minimum absolute atomic E-state index is 0.187. The van der Waals surface area contributed by atoms with Gasteiger partial charge in [0.1, 0.15) is 5.15 Å². The van der Waals surface area contributed by atoms with Crippen molar-refractivity contribution in [1.82, 2.24) is 4.98 Å². The van der Waals surface area contributed by atoms with Gasteiger partial charge < -0.3 is 5.32 Å². The van der Waals surface area contributed by atoms with Crippen LogP contribution in [0.25, 0.3) is 0 Å². The van der Waals surface area contributed by atoms with Crippen molar-refractivity contribution in [3.63, 3.8) is 0 Å². The van der Waals surface area contributed by atoms with Gasteiger partial charge in [-0.2, -0.15) is 0 Å². The number of halogens is 2. The highest BCUT2D eigenvalue weighted by Gasteiger charge is 2.13. The number of carbonyl (C=O) groups is 1. The summed E-state index contributed by atoms with van der Waals surface area (Å²) in [6, 6.07) is 7.20. The van der Waals surface area contributed by atoms with E-state index in [2.05, 4.69) is 10.3 Å². The Balaban J connectivity index is 2.30. The second kappa shape index (κ2) is 5.81. The summed E-state index contributed by atoms with van der Waals surface area (Å²) in [4.78, 5) is 16.2. The van der Waals surface area contributed by atoms with Crippen molar-refractivity contribution in [1.29, 1.82) is 0 Å². The largest absolute Gasteiger partial charge is 0.319 e. The lowest BCUT2D eigenvalue weighted by Crippen LogP contribution is -2.14. The second-order valence-electron chi connectivity index (χ2n) is 4.68. The van der Waals surface area contributed by atoms with E-state index in [1.54, 1.807) is 12.1 Å². The van der Waals surface area contributed by atoms with Crippen LogP contribution in [0.3, 0.4) is 0 Å². The number of aryl methyl sites for hydroxylation is 3. The van der Waals surface area contributed by atoms with Crippen molar-refractivity contribution >= 4 is 34.8 Å². The lowest BCUT2D eigenvalue weighted by Gasteiger charge is -2.11. The molecular formula is C15H14Cl2N2O. The Labute approximate surface area is 127 Å². The summed E-state index contributed by atoms with van der Waals surface area (Å²) in [6.45, 7) is 5.78. The molecule has 2 aromatic rings. The lowest BCUT2D eigenvalue weighted by atomic mass is 10.1. The third-order valence-corrected chi connectivity index (χ3v) is 3.62. The fraction of sp³-hybridized carbons (Fsp3) is 0.200. The number of hydrogen-bond acceptors (Lipinski definition) is 2. The standard InChI is InChI=1S/C15H14Cl2N2O/c1-8-4-5-11(6-9(8)2)15(20)19-13-10(3)7-12(16)18-14(13)17/h4-7H,1-3H3,(H,19,20). The molecule has 1 amide bonds. The molecule has 3 nitrogen and oxygen atoms in total. The van der Waals surface area contributed by atoms with Crippen LogP contribution in [0.4, 0.5) is 5.69 Å². The van der Waals surface area contributed by atoms with Gasteiger partial charge in [0.25, 0.3) is 5.91 Å². The molecule has 0 bridgehead atoms. The Bertz CT molecular complexity index is 661. The van der Waals surface area contributed by atoms with Crippen molar-refractivity contribution in [2.45, 2.75) is 20.8 Å². The molecule has 0 aliphatic heterocycles. The molecule has 1 aromatic heterocycles. The molecule has 5 heteroatoms. The first kappa shape index (κ1) is 14.8. The number of nitrogens with zero attached hydrogens (tertiary/aromatic N) is 1. The molecular weight excluding hydrogens is 295 g/mol. The maximum Gasteiger partial charge on any atom is 0.255 e. The number of aromatic nitrogens is 1. The van der Waals surface area contributed by atoms with Gasteiger partial charge in [0.2, 0.25) is 0 Å². The number of rotatable bonds is 2. The molecule has 1 N–H and O–H groups in total. The maximum atomic E-state index is 12.2. The summed E-state index contributed by atoms with van der Waals surface area (Å²) in [7, 11) is 0. The average molecular weight is 309 g/mol. The van der Waals surface area contributed by atoms with Crippen molar-refractivity contribution in [2.24, 2.45) is 0 Å². The summed E-state index contributed by atoms with van der Waals surface area (Å²) < 4.78 is 0. The number of hydrogen-bond donors (Lipinski definition) is 1. The summed E-state index contributed by atoms with van der Waals surface area (Å²) in [5.74, 6) is -0.220. The van der Waals surface area contributed by atoms with Crippen LogP contribution in [0.5, 0.6) is 0 Å². The minimum Gasteiger partial charge on any atom is -0.319 e. The highest BCUT2D eigenvalue weighted by Crippen LogP contribution is 2.27. The third-order valence-electron chi connectivity index (χ3n) is 3.15. The molecule has 104 valence electrons. The van der Waals surface area contributed by atoms with Crippen LogP contribution < -0.4 is 5.32 Å². The monoisotopic (exact) mass is 308 g/mol. The molecule has 0 saturated heterocycles. The normalized spacial score (nSPS) is 10.4. The number of nitrogens with one attached hydrogen (secondary N) is 1. The fourth-order valence-electron chi connectivity index (χ4n) is 1.81. The van der Waals surface area contributed by atoms with Gasteiger partial charge in [-0.05, 0) is 55.7 Å². The van der Waals surface area contributed by atoms with Crippen LogP contribution in [-0.4, -0.2) is 10.9 Å². The molecule has 1 heterocycles. The van der Waals surface area contributed by atoms with Crippen molar-refractivity contribution < 1.29 is 4.79 Å². The van der Waals surface area contributed by atoms with Gasteiger partial charge in [-0.1, -0.05) is 29.3 Å². The highest BCUT2D eigenvalue weighted by atomic mass is 35.5. The first-order valence-corrected chi connectivity index (χ1v) is 6.85. The van der Waals surface area contributed by atoms with E-state index >= 15 is 0 Å². The van der Waals surface area contributed by atoms with Gasteiger partial charge >= 0.3 is 0 Å². The third kappa shape index (κ3) is 3.11. The maximum absolute atomic E-state index is 12.2. The first-order valence-electron chi connectivity index (χ1n) is 6.09. The van der Waals surface area contributed by atoms with E-state index in [0.29, 0.717) is 16.4 Å². The Morgan fingerprint density at radius 3 is 2.35 bits per heavy atom. The van der Waals surface area contributed by atoms with E-state index in [4.69, 9.17) is 23.2 Å². The molecule has 1 aromatic carbocycles. The van der Waals surface area contributed by atoms with Crippen LogP contribution in [0.2, 0.25) is 10.3 Å². The predicted molar refractivity (Wildman–Crippen MR) is 82.9 cm³/mol. The number of anilines is 1. The Morgan fingerprint density at radius 1 is 1.05 bits per heavy atom. The van der Waals surface area contributed by atoms with Gasteiger partial charge in [-0.15, -0.1) is 0 Å². The van der Waals surface area contributed by atoms with E-state index in [9.17, 15) is 4.79 Å². The SMILES string of the molecule is Cc1ccc(C(=O)Nc2c(C)cc(Cl)nc2Cl)cc1C. The minimum atomic E-state index is -0.220. The van der Waals surface area contributed by atoms with Crippen LogP contribution in [0.15, 0.2) is 24.3 Å². The van der Waals surface area contributed by atoms with E-state index in [-0.39, 0.29) is 11.1 Å². The predicted octanol–water partition coefficient (Wildman–Crippen LogP) is 4.57. The van der Waals surface area contributed by atoms with Gasteiger partial charge in [0.15, 0.2) is 5.15 Å². The number of benzene rings is 1. The molecule has 0 spiro atoms. The van der Waals surface area contributed by atoms with E-state index in [1.807, 2.05) is 32.9 Å². The highest BCUT2D eigenvalue weighted by molar-refractivity contribution is 6.35. The van der Waals surface area contributed by atoms with Gasteiger partial charge in [0, 0.05) is 5.56 Å². The quantitative estimate of drug-likeness (QED) is 0.826. The van der Waals surface area contributed by atoms with Crippen LogP contribution >= 0.6 is 23.2 Å². The number of amides is 1. The zero-order chi connectivity index (χ0) is 14.9. The molecule has 2 rings (SSSR count). The molecule has 0 atom stereocenters. The van der Waals surface area contributed by atoms with Gasteiger partial charge in [-0.3, -0.25) is 4.79 Å². The number of pyridine rings is 1.